The van der Waals surface area contributed by atoms with E-state index in [1.54, 1.807) is 0 Å². The monoisotopic (exact) mass is 263 g/mol. The van der Waals surface area contributed by atoms with Crippen LogP contribution in [0.4, 0.5) is 11.7 Å². The lowest BCUT2D eigenvalue weighted by Crippen LogP contribution is -2.24. The van der Waals surface area contributed by atoms with Crippen LogP contribution < -0.4 is 4.90 Å². The van der Waals surface area contributed by atoms with Gasteiger partial charge in [0.1, 0.15) is 5.88 Å². The number of anilines is 2. The Hall–Kier alpha value is -1.55. The molecule has 2 heterocycles. The second-order valence-corrected chi connectivity index (χ2v) is 4.77. The maximum Gasteiger partial charge on any atom is 0.322 e. The van der Waals surface area contributed by atoms with Gasteiger partial charge in [-0.1, -0.05) is 22.8 Å². The van der Waals surface area contributed by atoms with Crippen LogP contribution in [0.5, 0.6) is 0 Å². The number of alkyl halides is 1. The van der Waals surface area contributed by atoms with Crippen LogP contribution in [0.25, 0.3) is 0 Å². The molecule has 0 fully saturated rings. The smallest absolute Gasteiger partial charge is 0.322 e. The number of benzene rings is 1. The molecule has 1 aliphatic rings. The highest BCUT2D eigenvalue weighted by molar-refractivity contribution is 6.16. The summed E-state index contributed by atoms with van der Waals surface area (Å²) < 4.78 is 5.53. The maximum atomic E-state index is 5.69. The lowest BCUT2D eigenvalue weighted by atomic mass is 10.00. The minimum Gasteiger partial charge on any atom is -0.406 e. The first-order chi connectivity index (χ1) is 8.78. The van der Waals surface area contributed by atoms with Crippen LogP contribution in [0.2, 0.25) is 0 Å². The predicted molar refractivity (Wildman–Crippen MR) is 70.4 cm³/mol. The molecule has 1 aliphatic heterocycles. The van der Waals surface area contributed by atoms with E-state index in [4.69, 9.17) is 16.0 Å². The van der Waals surface area contributed by atoms with E-state index >= 15 is 0 Å². The summed E-state index contributed by atoms with van der Waals surface area (Å²) in [6.07, 6.45) is 2.19. The summed E-state index contributed by atoms with van der Waals surface area (Å²) in [5, 5.41) is 7.97. The molecule has 0 bridgehead atoms. The second kappa shape index (κ2) is 4.61. The summed E-state index contributed by atoms with van der Waals surface area (Å²) in [5.74, 6) is 0.715. The van der Waals surface area contributed by atoms with Crippen molar-refractivity contribution in [2.75, 3.05) is 11.4 Å². The summed E-state index contributed by atoms with van der Waals surface area (Å²) in [6.45, 7) is 3.01. The van der Waals surface area contributed by atoms with E-state index in [1.807, 2.05) is 0 Å². The van der Waals surface area contributed by atoms with Gasteiger partial charge in [-0.3, -0.25) is 4.90 Å². The van der Waals surface area contributed by atoms with Crippen molar-refractivity contribution >= 4 is 23.3 Å². The molecule has 1 aromatic carbocycles. The average Bonchev–Trinajstić information content (AvgIpc) is 2.86. The molecule has 5 heteroatoms. The third-order valence-corrected chi connectivity index (χ3v) is 3.38. The highest BCUT2D eigenvalue weighted by atomic mass is 35.5. The Kier molecular flexibility index (Phi) is 2.96. The molecule has 0 saturated heterocycles. The van der Waals surface area contributed by atoms with Crippen molar-refractivity contribution in [3.63, 3.8) is 0 Å². The van der Waals surface area contributed by atoms with Gasteiger partial charge in [-0.15, -0.1) is 16.7 Å². The van der Waals surface area contributed by atoms with E-state index in [-0.39, 0.29) is 5.88 Å². The normalized spacial score (nSPS) is 14.7. The third kappa shape index (κ3) is 1.97. The highest BCUT2D eigenvalue weighted by Gasteiger charge is 2.22. The molecule has 3 rings (SSSR count). The minimum absolute atomic E-state index is 0.252. The van der Waals surface area contributed by atoms with Crippen LogP contribution in [0.1, 0.15) is 23.4 Å². The van der Waals surface area contributed by atoms with Crippen molar-refractivity contribution in [3.05, 3.63) is 35.2 Å². The standard InChI is InChI=1S/C13H14ClN3O/c1-9-4-5-11-10(7-9)3-2-6-17(11)13-16-15-12(8-14)18-13/h4-5,7H,2-3,6,8H2,1H3. The zero-order valence-corrected chi connectivity index (χ0v) is 10.9. The number of halogens is 1. The van der Waals surface area contributed by atoms with Gasteiger partial charge in [-0.2, -0.15) is 0 Å². The third-order valence-electron chi connectivity index (χ3n) is 3.16. The molecular formula is C13H14ClN3O. The summed E-state index contributed by atoms with van der Waals surface area (Å²) in [5.41, 5.74) is 3.78. The molecule has 4 nitrogen and oxygen atoms in total. The summed E-state index contributed by atoms with van der Waals surface area (Å²) in [6, 6.07) is 6.99. The molecule has 18 heavy (non-hydrogen) atoms. The van der Waals surface area contributed by atoms with Crippen LogP contribution in [0.3, 0.4) is 0 Å². The Labute approximate surface area is 111 Å². The van der Waals surface area contributed by atoms with Gasteiger partial charge < -0.3 is 4.42 Å². The quantitative estimate of drug-likeness (QED) is 0.781. The van der Waals surface area contributed by atoms with Gasteiger partial charge in [0.2, 0.25) is 5.89 Å². The van der Waals surface area contributed by atoms with Gasteiger partial charge in [-0.05, 0) is 31.4 Å². The number of fused-ring (bicyclic) bond motifs is 1. The topological polar surface area (TPSA) is 42.2 Å². The van der Waals surface area contributed by atoms with Gasteiger partial charge in [0.15, 0.2) is 0 Å². The molecule has 0 N–H and O–H groups in total. The fraction of sp³-hybridized carbons (Fsp3) is 0.385. The van der Waals surface area contributed by atoms with E-state index in [0.29, 0.717) is 11.9 Å². The van der Waals surface area contributed by atoms with Crippen molar-refractivity contribution < 1.29 is 4.42 Å². The molecule has 2 aromatic rings. The van der Waals surface area contributed by atoms with E-state index in [2.05, 4.69) is 40.2 Å². The molecule has 0 unspecified atom stereocenters. The Bertz CT molecular complexity index is 567. The summed E-state index contributed by atoms with van der Waals surface area (Å²) >= 11 is 5.69. The molecular weight excluding hydrogens is 250 g/mol. The molecule has 0 atom stereocenters. The van der Waals surface area contributed by atoms with Crippen LogP contribution in [0.15, 0.2) is 22.6 Å². The fourth-order valence-corrected chi connectivity index (χ4v) is 2.44. The first kappa shape index (κ1) is 11.5. The molecule has 0 amide bonds. The molecule has 0 spiro atoms. The van der Waals surface area contributed by atoms with Gasteiger partial charge >= 0.3 is 6.01 Å². The molecule has 1 aromatic heterocycles. The molecule has 0 aliphatic carbocycles. The molecule has 0 saturated carbocycles. The van der Waals surface area contributed by atoms with Crippen molar-refractivity contribution in [1.82, 2.24) is 10.2 Å². The number of hydrogen-bond acceptors (Lipinski definition) is 4. The highest BCUT2D eigenvalue weighted by Crippen LogP contribution is 2.33. The van der Waals surface area contributed by atoms with Gasteiger partial charge in [0.05, 0.1) is 0 Å². The van der Waals surface area contributed by atoms with Crippen molar-refractivity contribution in [2.24, 2.45) is 0 Å². The van der Waals surface area contributed by atoms with Crippen LogP contribution in [-0.4, -0.2) is 16.7 Å². The van der Waals surface area contributed by atoms with Crippen LogP contribution in [-0.2, 0) is 12.3 Å². The summed E-state index contributed by atoms with van der Waals surface area (Å²) in [7, 11) is 0. The Morgan fingerprint density at radius 3 is 3.06 bits per heavy atom. The average molecular weight is 264 g/mol. The van der Waals surface area contributed by atoms with E-state index in [1.165, 1.54) is 11.1 Å². The summed E-state index contributed by atoms with van der Waals surface area (Å²) in [4.78, 5) is 2.07. The second-order valence-electron chi connectivity index (χ2n) is 4.50. The maximum absolute atomic E-state index is 5.69. The molecule has 0 radical (unpaired) electrons. The zero-order chi connectivity index (χ0) is 12.5. The first-order valence-corrected chi connectivity index (χ1v) is 6.57. The van der Waals surface area contributed by atoms with Crippen molar-refractivity contribution in [3.8, 4) is 0 Å². The van der Waals surface area contributed by atoms with Gasteiger partial charge in [0, 0.05) is 12.2 Å². The van der Waals surface area contributed by atoms with Crippen molar-refractivity contribution in [2.45, 2.75) is 25.6 Å². The van der Waals surface area contributed by atoms with Crippen LogP contribution in [0, 0.1) is 6.92 Å². The number of aryl methyl sites for hydroxylation is 2. The number of nitrogens with zero attached hydrogens (tertiary/aromatic N) is 3. The lowest BCUT2D eigenvalue weighted by Gasteiger charge is -2.27. The van der Waals surface area contributed by atoms with Gasteiger partial charge in [0.25, 0.3) is 0 Å². The lowest BCUT2D eigenvalue weighted by molar-refractivity contribution is 0.507. The minimum atomic E-state index is 0.252. The number of hydrogen-bond donors (Lipinski definition) is 0. The Balaban J connectivity index is 2.00. The SMILES string of the molecule is Cc1ccc2c(c1)CCCN2c1nnc(CCl)o1. The Morgan fingerprint density at radius 2 is 2.28 bits per heavy atom. The predicted octanol–water partition coefficient (Wildman–Crippen LogP) is 3.20. The number of aromatic nitrogens is 2. The largest absolute Gasteiger partial charge is 0.406 e. The van der Waals surface area contributed by atoms with Gasteiger partial charge in [-0.25, -0.2) is 0 Å². The van der Waals surface area contributed by atoms with E-state index < -0.39 is 0 Å². The van der Waals surface area contributed by atoms with Crippen molar-refractivity contribution in [1.29, 1.82) is 0 Å². The van der Waals surface area contributed by atoms with E-state index in [9.17, 15) is 0 Å². The Morgan fingerprint density at radius 1 is 1.39 bits per heavy atom. The zero-order valence-electron chi connectivity index (χ0n) is 10.2. The van der Waals surface area contributed by atoms with E-state index in [0.717, 1.165) is 25.1 Å². The first-order valence-electron chi connectivity index (χ1n) is 6.03. The number of rotatable bonds is 2. The van der Waals surface area contributed by atoms with Crippen LogP contribution >= 0.6 is 11.6 Å². The molecule has 94 valence electrons. The fourth-order valence-electron chi connectivity index (χ4n) is 2.33.